The monoisotopic (exact) mass is 329 g/mol. The number of imide groups is 1. The molecule has 1 unspecified atom stereocenters. The van der Waals surface area contributed by atoms with Crippen LogP contribution < -0.4 is 21.7 Å². The lowest BCUT2D eigenvalue weighted by atomic mass is 9.44. The molecule has 8 nitrogen and oxygen atoms in total. The van der Waals surface area contributed by atoms with Gasteiger partial charge in [0, 0.05) is 17.5 Å². The molecule has 0 spiro atoms. The van der Waals surface area contributed by atoms with Gasteiger partial charge in [-0.25, -0.2) is 4.98 Å². The number of nitrogens with zero attached hydrogens (tertiary/aromatic N) is 1. The molecule has 1 aromatic rings. The highest BCUT2D eigenvalue weighted by Crippen LogP contribution is 2.59. The maximum atomic E-state index is 12.3. The Kier molecular flexibility index (Phi) is 3.14. The van der Waals surface area contributed by atoms with Crippen LogP contribution in [0.1, 0.15) is 42.6 Å². The van der Waals surface area contributed by atoms with Gasteiger partial charge in [-0.15, -0.1) is 0 Å². The van der Waals surface area contributed by atoms with E-state index in [0.29, 0.717) is 12.2 Å². The van der Waals surface area contributed by atoms with Crippen molar-refractivity contribution in [2.75, 3.05) is 5.32 Å². The van der Waals surface area contributed by atoms with E-state index in [0.717, 1.165) is 19.3 Å². The van der Waals surface area contributed by atoms with Crippen LogP contribution in [0.5, 0.6) is 0 Å². The number of carbonyl (C=O) groups is 3. The number of anilines is 1. The molecule has 1 aliphatic heterocycles. The molecular formula is C16H19N5O3. The predicted octanol–water partition coefficient (Wildman–Crippen LogP) is -0.338. The third-order valence-electron chi connectivity index (χ3n) is 4.99. The van der Waals surface area contributed by atoms with E-state index >= 15 is 0 Å². The Morgan fingerprint density at radius 1 is 1.29 bits per heavy atom. The van der Waals surface area contributed by atoms with Gasteiger partial charge in [0.2, 0.25) is 11.8 Å². The normalized spacial score (nSPS) is 33.8. The average molecular weight is 329 g/mol. The summed E-state index contributed by atoms with van der Waals surface area (Å²) < 4.78 is 0. The summed E-state index contributed by atoms with van der Waals surface area (Å²) in [5.74, 6) is -0.587. The molecule has 1 saturated heterocycles. The SMILES string of the molecule is NC12CC(Nc3cccc(C(=O)NC4CCC(=O)NC4=O)n3)(C1)C2. The van der Waals surface area contributed by atoms with Crippen LogP contribution in [0.4, 0.5) is 5.82 Å². The second-order valence-electron chi connectivity index (χ2n) is 7.18. The van der Waals surface area contributed by atoms with Gasteiger partial charge >= 0.3 is 0 Å². The fourth-order valence-corrected chi connectivity index (χ4v) is 3.96. The highest BCUT2D eigenvalue weighted by Gasteiger charge is 2.66. The molecule has 1 atom stereocenters. The summed E-state index contributed by atoms with van der Waals surface area (Å²) in [7, 11) is 0. The Balaban J connectivity index is 1.40. The minimum absolute atomic E-state index is 0.00619. The summed E-state index contributed by atoms with van der Waals surface area (Å²) in [5, 5.41) is 8.21. The van der Waals surface area contributed by atoms with Crippen LogP contribution in [-0.2, 0) is 9.59 Å². The van der Waals surface area contributed by atoms with Gasteiger partial charge in [0.15, 0.2) is 0 Å². The van der Waals surface area contributed by atoms with Crippen molar-refractivity contribution in [2.24, 2.45) is 5.73 Å². The highest BCUT2D eigenvalue weighted by molar-refractivity contribution is 6.03. The standard InChI is InChI=1S/C16H19N5O3/c17-15-6-16(7-15,8-15)21-11-3-1-2-9(18-11)13(23)19-10-4-5-12(22)20-14(10)24/h1-3,10H,4-8,17H2,(H,18,21)(H,19,23)(H,20,22,24). The number of pyridine rings is 1. The van der Waals surface area contributed by atoms with Crippen LogP contribution in [0, 0.1) is 0 Å². The van der Waals surface area contributed by atoms with Gasteiger partial charge in [-0.05, 0) is 37.8 Å². The van der Waals surface area contributed by atoms with E-state index in [1.54, 1.807) is 12.1 Å². The molecule has 4 fully saturated rings. The number of nitrogens with one attached hydrogen (secondary N) is 3. The van der Waals surface area contributed by atoms with Gasteiger partial charge in [-0.2, -0.15) is 0 Å². The third kappa shape index (κ3) is 2.52. The second-order valence-corrected chi connectivity index (χ2v) is 7.18. The molecule has 3 aliphatic carbocycles. The molecule has 2 bridgehead atoms. The average Bonchev–Trinajstić information content (AvgIpc) is 2.47. The van der Waals surface area contributed by atoms with Gasteiger partial charge in [0.1, 0.15) is 17.6 Å². The number of carbonyl (C=O) groups excluding carboxylic acids is 3. The molecular weight excluding hydrogens is 310 g/mol. The number of aromatic nitrogens is 1. The zero-order valence-corrected chi connectivity index (χ0v) is 13.1. The van der Waals surface area contributed by atoms with E-state index < -0.39 is 17.9 Å². The van der Waals surface area contributed by atoms with Gasteiger partial charge < -0.3 is 16.4 Å². The molecule has 3 amide bonds. The molecule has 3 saturated carbocycles. The number of amides is 3. The van der Waals surface area contributed by atoms with E-state index in [-0.39, 0.29) is 29.1 Å². The van der Waals surface area contributed by atoms with Gasteiger partial charge in [-0.1, -0.05) is 6.07 Å². The largest absolute Gasteiger partial charge is 0.364 e. The second kappa shape index (κ2) is 5.01. The Bertz CT molecular complexity index is 727. The first kappa shape index (κ1) is 15.1. The molecule has 1 aromatic heterocycles. The Morgan fingerprint density at radius 2 is 2.04 bits per heavy atom. The van der Waals surface area contributed by atoms with Crippen molar-refractivity contribution in [3.63, 3.8) is 0 Å². The minimum atomic E-state index is -0.705. The van der Waals surface area contributed by atoms with Crippen molar-refractivity contribution in [1.29, 1.82) is 0 Å². The Labute approximate surface area is 138 Å². The predicted molar refractivity (Wildman–Crippen MR) is 85.0 cm³/mol. The molecule has 5 N–H and O–H groups in total. The van der Waals surface area contributed by atoms with Crippen LogP contribution in [-0.4, -0.2) is 39.8 Å². The molecule has 5 rings (SSSR count). The fourth-order valence-electron chi connectivity index (χ4n) is 3.96. The van der Waals surface area contributed by atoms with Gasteiger partial charge in [0.05, 0.1) is 0 Å². The number of hydrogen-bond donors (Lipinski definition) is 4. The van der Waals surface area contributed by atoms with Gasteiger partial charge in [-0.3, -0.25) is 19.7 Å². The van der Waals surface area contributed by atoms with Crippen LogP contribution >= 0.6 is 0 Å². The van der Waals surface area contributed by atoms with Gasteiger partial charge in [0.25, 0.3) is 5.91 Å². The van der Waals surface area contributed by atoms with E-state index in [4.69, 9.17) is 5.73 Å². The number of rotatable bonds is 4. The number of piperidine rings is 1. The smallest absolute Gasteiger partial charge is 0.270 e. The first-order chi connectivity index (χ1) is 11.4. The summed E-state index contributed by atoms with van der Waals surface area (Å²) in [6, 6.07) is 4.45. The molecule has 0 radical (unpaired) electrons. The van der Waals surface area contributed by atoms with E-state index in [1.165, 1.54) is 0 Å². The van der Waals surface area contributed by atoms with E-state index in [1.807, 2.05) is 6.07 Å². The minimum Gasteiger partial charge on any atom is -0.364 e. The fraction of sp³-hybridized carbons (Fsp3) is 0.500. The maximum Gasteiger partial charge on any atom is 0.270 e. The molecule has 24 heavy (non-hydrogen) atoms. The van der Waals surface area contributed by atoms with Crippen molar-refractivity contribution >= 4 is 23.5 Å². The molecule has 126 valence electrons. The molecule has 8 heteroatoms. The molecule has 2 heterocycles. The Hall–Kier alpha value is -2.48. The lowest BCUT2D eigenvalue weighted by Crippen LogP contribution is -2.79. The van der Waals surface area contributed by atoms with Crippen molar-refractivity contribution in [3.8, 4) is 0 Å². The quantitative estimate of drug-likeness (QED) is 0.560. The zero-order valence-electron chi connectivity index (χ0n) is 13.1. The summed E-state index contributed by atoms with van der Waals surface area (Å²) in [6.45, 7) is 0. The summed E-state index contributed by atoms with van der Waals surface area (Å²) >= 11 is 0. The van der Waals surface area contributed by atoms with Crippen molar-refractivity contribution in [3.05, 3.63) is 23.9 Å². The Morgan fingerprint density at radius 3 is 2.71 bits per heavy atom. The number of hydrogen-bond acceptors (Lipinski definition) is 6. The van der Waals surface area contributed by atoms with E-state index in [9.17, 15) is 14.4 Å². The number of nitrogens with two attached hydrogens (primary N) is 1. The summed E-state index contributed by atoms with van der Waals surface area (Å²) in [6.07, 6.45) is 3.29. The third-order valence-corrected chi connectivity index (χ3v) is 4.99. The topological polar surface area (TPSA) is 126 Å². The lowest BCUT2D eigenvalue weighted by Gasteiger charge is -2.69. The highest BCUT2D eigenvalue weighted by atomic mass is 16.2. The van der Waals surface area contributed by atoms with Crippen LogP contribution in [0.3, 0.4) is 0 Å². The molecule has 0 aromatic carbocycles. The van der Waals surface area contributed by atoms with Crippen LogP contribution in [0.15, 0.2) is 18.2 Å². The van der Waals surface area contributed by atoms with Crippen molar-refractivity contribution < 1.29 is 14.4 Å². The van der Waals surface area contributed by atoms with Crippen LogP contribution in [0.2, 0.25) is 0 Å². The zero-order chi connectivity index (χ0) is 16.9. The first-order valence-corrected chi connectivity index (χ1v) is 8.05. The van der Waals surface area contributed by atoms with Crippen LogP contribution in [0.25, 0.3) is 0 Å². The summed E-state index contributed by atoms with van der Waals surface area (Å²) in [5.41, 5.74) is 6.30. The lowest BCUT2D eigenvalue weighted by molar-refractivity contribution is -0.134. The summed E-state index contributed by atoms with van der Waals surface area (Å²) in [4.78, 5) is 39.5. The van der Waals surface area contributed by atoms with Crippen molar-refractivity contribution in [2.45, 2.75) is 49.2 Å². The van der Waals surface area contributed by atoms with E-state index in [2.05, 4.69) is 20.9 Å². The first-order valence-electron chi connectivity index (χ1n) is 8.05. The maximum absolute atomic E-state index is 12.3. The molecule has 4 aliphatic rings. The van der Waals surface area contributed by atoms with Crippen molar-refractivity contribution in [1.82, 2.24) is 15.6 Å².